The molecule has 0 aliphatic carbocycles. The van der Waals surface area contributed by atoms with E-state index in [1.165, 1.54) is 4.88 Å². The fourth-order valence-corrected chi connectivity index (χ4v) is 3.61. The maximum Gasteiger partial charge on any atom is 0.254 e. The molecule has 1 atom stereocenters. The Kier molecular flexibility index (Phi) is 6.49. The molecule has 25 heavy (non-hydrogen) atoms. The Bertz CT molecular complexity index is 703. The third-order valence-electron chi connectivity index (χ3n) is 4.64. The van der Waals surface area contributed by atoms with E-state index < -0.39 is 0 Å². The van der Waals surface area contributed by atoms with Crippen molar-refractivity contribution < 1.29 is 9.53 Å². The number of carbonyl (C=O) groups excluding carboxylic acids is 1. The molecule has 0 bridgehead atoms. The van der Waals surface area contributed by atoms with E-state index in [1.807, 2.05) is 46.7 Å². The Hall–Kier alpha value is -1.56. The fraction of sp³-hybridized carbons (Fsp3) is 0.421. The highest BCUT2D eigenvalue weighted by atomic mass is 35.5. The second-order valence-corrected chi connectivity index (χ2v) is 8.04. The van der Waals surface area contributed by atoms with Crippen LogP contribution < -0.4 is 10.5 Å². The first-order valence-electron chi connectivity index (χ1n) is 8.26. The molecule has 1 fully saturated rings. The number of halogens is 1. The van der Waals surface area contributed by atoms with Crippen LogP contribution in [0, 0.1) is 5.41 Å². The molecule has 3 rings (SSSR count). The largest absolute Gasteiger partial charge is 0.488 e. The number of nitrogens with zero attached hydrogens (tertiary/aromatic N) is 1. The van der Waals surface area contributed by atoms with Crippen molar-refractivity contribution >= 4 is 29.7 Å². The van der Waals surface area contributed by atoms with Gasteiger partial charge in [0, 0.05) is 29.6 Å². The summed E-state index contributed by atoms with van der Waals surface area (Å²) in [7, 11) is 0. The number of hydrogen-bond acceptors (Lipinski definition) is 4. The number of likely N-dealkylation sites (tertiary alicyclic amines) is 1. The quantitative estimate of drug-likeness (QED) is 0.873. The van der Waals surface area contributed by atoms with Crippen LogP contribution in [0.4, 0.5) is 0 Å². The van der Waals surface area contributed by atoms with E-state index in [-0.39, 0.29) is 29.8 Å². The normalized spacial score (nSPS) is 19.2. The van der Waals surface area contributed by atoms with Crippen LogP contribution in [0.2, 0.25) is 0 Å². The van der Waals surface area contributed by atoms with Crippen molar-refractivity contribution in [3.05, 3.63) is 52.2 Å². The van der Waals surface area contributed by atoms with Crippen LogP contribution in [0.25, 0.3) is 0 Å². The van der Waals surface area contributed by atoms with Crippen LogP contribution in [0.15, 0.2) is 41.8 Å². The lowest BCUT2D eigenvalue weighted by atomic mass is 9.79. The number of piperidine rings is 1. The van der Waals surface area contributed by atoms with Gasteiger partial charge in [0.1, 0.15) is 12.4 Å². The number of hydrogen-bond donors (Lipinski definition) is 1. The summed E-state index contributed by atoms with van der Waals surface area (Å²) in [5, 5.41) is 2.03. The van der Waals surface area contributed by atoms with Crippen LogP contribution in [-0.4, -0.2) is 29.9 Å². The second kappa shape index (κ2) is 8.21. The van der Waals surface area contributed by atoms with E-state index in [0.29, 0.717) is 25.3 Å². The highest BCUT2D eigenvalue weighted by Gasteiger charge is 2.35. The molecule has 2 heterocycles. The molecule has 1 aliphatic heterocycles. The molecule has 1 aliphatic rings. The minimum atomic E-state index is -0.0544. The highest BCUT2D eigenvalue weighted by Crippen LogP contribution is 2.29. The molecule has 1 unspecified atom stereocenters. The first-order valence-corrected chi connectivity index (χ1v) is 9.14. The number of rotatable bonds is 4. The maximum atomic E-state index is 12.8. The van der Waals surface area contributed by atoms with E-state index in [0.717, 1.165) is 12.2 Å². The lowest BCUT2D eigenvalue weighted by Crippen LogP contribution is -2.53. The molecule has 1 amide bonds. The average Bonchev–Trinajstić information content (AvgIpc) is 3.08. The van der Waals surface area contributed by atoms with Crippen molar-refractivity contribution in [3.8, 4) is 5.75 Å². The summed E-state index contributed by atoms with van der Waals surface area (Å²) in [5.74, 6) is 0.777. The smallest absolute Gasteiger partial charge is 0.254 e. The van der Waals surface area contributed by atoms with Crippen LogP contribution >= 0.6 is 23.7 Å². The molecule has 6 heteroatoms. The van der Waals surface area contributed by atoms with Crippen molar-refractivity contribution in [2.24, 2.45) is 11.1 Å². The van der Waals surface area contributed by atoms with Gasteiger partial charge in [0.15, 0.2) is 0 Å². The third kappa shape index (κ3) is 4.75. The first kappa shape index (κ1) is 19.8. The molecule has 0 spiro atoms. The number of thiophene rings is 1. The van der Waals surface area contributed by atoms with E-state index in [2.05, 4.69) is 13.8 Å². The van der Waals surface area contributed by atoms with Gasteiger partial charge in [-0.1, -0.05) is 26.0 Å². The number of benzene rings is 1. The zero-order valence-electron chi connectivity index (χ0n) is 14.6. The van der Waals surface area contributed by atoms with E-state index in [9.17, 15) is 4.79 Å². The topological polar surface area (TPSA) is 55.6 Å². The summed E-state index contributed by atoms with van der Waals surface area (Å²) in [6.45, 7) is 6.17. The molecule has 136 valence electrons. The minimum Gasteiger partial charge on any atom is -0.488 e. The van der Waals surface area contributed by atoms with Crippen LogP contribution in [0.3, 0.4) is 0 Å². The molecule has 0 radical (unpaired) electrons. The predicted octanol–water partition coefficient (Wildman–Crippen LogP) is 3.95. The molecule has 1 saturated heterocycles. The zero-order valence-corrected chi connectivity index (χ0v) is 16.2. The van der Waals surface area contributed by atoms with Crippen molar-refractivity contribution in [2.75, 3.05) is 13.1 Å². The predicted molar refractivity (Wildman–Crippen MR) is 105 cm³/mol. The van der Waals surface area contributed by atoms with Crippen molar-refractivity contribution in [1.82, 2.24) is 4.90 Å². The van der Waals surface area contributed by atoms with E-state index in [4.69, 9.17) is 10.5 Å². The molecule has 0 saturated carbocycles. The number of ether oxygens (including phenoxy) is 1. The van der Waals surface area contributed by atoms with Gasteiger partial charge < -0.3 is 15.4 Å². The van der Waals surface area contributed by atoms with Gasteiger partial charge in [0.25, 0.3) is 5.91 Å². The van der Waals surface area contributed by atoms with Gasteiger partial charge in [0.05, 0.1) is 0 Å². The van der Waals surface area contributed by atoms with Gasteiger partial charge in [-0.2, -0.15) is 0 Å². The molecular formula is C19H25ClN2O2S. The van der Waals surface area contributed by atoms with Gasteiger partial charge in [-0.25, -0.2) is 0 Å². The van der Waals surface area contributed by atoms with Crippen molar-refractivity contribution in [2.45, 2.75) is 32.9 Å². The number of nitrogens with two attached hydrogens (primary N) is 1. The second-order valence-electron chi connectivity index (χ2n) is 7.01. The summed E-state index contributed by atoms with van der Waals surface area (Å²) in [6, 6.07) is 11.6. The maximum absolute atomic E-state index is 12.8. The van der Waals surface area contributed by atoms with Gasteiger partial charge in [-0.15, -0.1) is 23.7 Å². The highest BCUT2D eigenvalue weighted by molar-refractivity contribution is 7.09. The Morgan fingerprint density at radius 1 is 1.36 bits per heavy atom. The van der Waals surface area contributed by atoms with Gasteiger partial charge in [0.2, 0.25) is 0 Å². The van der Waals surface area contributed by atoms with Crippen LogP contribution in [-0.2, 0) is 6.61 Å². The van der Waals surface area contributed by atoms with Gasteiger partial charge in [-0.3, -0.25) is 4.79 Å². The van der Waals surface area contributed by atoms with Gasteiger partial charge in [-0.05, 0) is 41.5 Å². The molecule has 2 aromatic rings. The van der Waals surface area contributed by atoms with E-state index >= 15 is 0 Å². The monoisotopic (exact) mass is 380 g/mol. The number of carbonyl (C=O) groups is 1. The molecule has 1 aromatic carbocycles. The summed E-state index contributed by atoms with van der Waals surface area (Å²) < 4.78 is 5.81. The fourth-order valence-electron chi connectivity index (χ4n) is 3.00. The molecule has 2 N–H and O–H groups in total. The third-order valence-corrected chi connectivity index (χ3v) is 5.49. The first-order chi connectivity index (χ1) is 11.5. The Balaban J connectivity index is 0.00000225. The molecular weight excluding hydrogens is 356 g/mol. The van der Waals surface area contributed by atoms with Crippen molar-refractivity contribution in [1.29, 1.82) is 0 Å². The summed E-state index contributed by atoms with van der Waals surface area (Å²) in [4.78, 5) is 15.9. The lowest BCUT2D eigenvalue weighted by Gasteiger charge is -2.42. The Morgan fingerprint density at radius 3 is 2.84 bits per heavy atom. The summed E-state index contributed by atoms with van der Waals surface area (Å²) in [5.41, 5.74) is 6.78. The summed E-state index contributed by atoms with van der Waals surface area (Å²) in [6.07, 6.45) is 0.841. The molecule has 1 aromatic heterocycles. The van der Waals surface area contributed by atoms with E-state index in [1.54, 1.807) is 11.3 Å². The Labute approximate surface area is 159 Å². The lowest BCUT2D eigenvalue weighted by molar-refractivity contribution is 0.0532. The van der Waals surface area contributed by atoms with Crippen LogP contribution in [0.5, 0.6) is 5.75 Å². The Morgan fingerprint density at radius 2 is 2.16 bits per heavy atom. The van der Waals surface area contributed by atoms with Gasteiger partial charge >= 0.3 is 0 Å². The minimum absolute atomic E-state index is 0. The van der Waals surface area contributed by atoms with Crippen molar-refractivity contribution in [3.63, 3.8) is 0 Å². The summed E-state index contributed by atoms with van der Waals surface area (Å²) >= 11 is 1.66. The zero-order chi connectivity index (χ0) is 17.2. The standard InChI is InChI=1S/C19H24N2O2S.ClH/c1-19(2)13-21(9-8-17(19)20)18(22)14-5-3-6-15(11-14)23-12-16-7-4-10-24-16;/h3-7,10-11,17H,8-9,12-13,20H2,1-2H3;1H. The van der Waals surface area contributed by atoms with Crippen LogP contribution in [0.1, 0.15) is 35.5 Å². The molecule has 4 nitrogen and oxygen atoms in total. The SMILES string of the molecule is CC1(C)CN(C(=O)c2cccc(OCc3cccs3)c2)CCC1N.Cl. The average molecular weight is 381 g/mol. The number of amides is 1.